The Morgan fingerprint density at radius 3 is 1.20 bits per heavy atom. The monoisotopic (exact) mass is 278 g/mol. The molecule has 0 saturated carbocycles. The van der Waals surface area contributed by atoms with Crippen molar-refractivity contribution in [1.29, 1.82) is 0 Å². The van der Waals surface area contributed by atoms with Crippen LogP contribution >= 0.6 is 0 Å². The molecule has 0 bridgehead atoms. The van der Waals surface area contributed by atoms with E-state index in [1.807, 2.05) is 0 Å². The highest BCUT2D eigenvalue weighted by atomic mass is 16.5. The largest absolute Gasteiger partial charge is 0.380 e. The van der Waals surface area contributed by atoms with Gasteiger partial charge in [-0.25, -0.2) is 0 Å². The third-order valence-electron chi connectivity index (χ3n) is 3.11. The Balaban J connectivity index is 2.93. The number of ether oxygens (including phenoxy) is 2. The van der Waals surface area contributed by atoms with Gasteiger partial charge in [-0.1, -0.05) is 38.5 Å². The summed E-state index contributed by atoms with van der Waals surface area (Å²) in [5.41, 5.74) is 0. The molecule has 0 unspecified atom stereocenters. The first-order chi connectivity index (χ1) is 9.91. The lowest BCUT2D eigenvalue weighted by Crippen LogP contribution is -1.96. The lowest BCUT2D eigenvalue weighted by molar-refractivity contribution is 0.134. The summed E-state index contributed by atoms with van der Waals surface area (Å²) in [5, 5.41) is 0. The molecular formula is C18H30O2. The van der Waals surface area contributed by atoms with Crippen LogP contribution in [-0.4, -0.2) is 26.4 Å². The fourth-order valence-corrected chi connectivity index (χ4v) is 1.94. The summed E-state index contributed by atoms with van der Waals surface area (Å²) in [4.78, 5) is 0. The van der Waals surface area contributed by atoms with Crippen LogP contribution in [0.5, 0.6) is 0 Å². The molecule has 0 saturated heterocycles. The molecule has 0 aromatic rings. The third-order valence-corrected chi connectivity index (χ3v) is 3.11. The zero-order chi connectivity index (χ0) is 14.7. The SMILES string of the molecule is C#CCCOCCCCCCCCCCOCCC#C. The van der Waals surface area contributed by atoms with E-state index in [0.29, 0.717) is 13.2 Å². The van der Waals surface area contributed by atoms with Crippen molar-refractivity contribution >= 4 is 0 Å². The summed E-state index contributed by atoms with van der Waals surface area (Å²) in [6.45, 7) is 3.13. The van der Waals surface area contributed by atoms with Crippen molar-refractivity contribution < 1.29 is 9.47 Å². The van der Waals surface area contributed by atoms with Gasteiger partial charge in [0, 0.05) is 26.1 Å². The van der Waals surface area contributed by atoms with Crippen molar-refractivity contribution in [3.63, 3.8) is 0 Å². The molecule has 0 atom stereocenters. The van der Waals surface area contributed by atoms with E-state index in [9.17, 15) is 0 Å². The van der Waals surface area contributed by atoms with Gasteiger partial charge in [0.05, 0.1) is 13.2 Å². The normalized spacial score (nSPS) is 10.1. The number of unbranched alkanes of at least 4 members (excludes halogenated alkanes) is 7. The summed E-state index contributed by atoms with van der Waals surface area (Å²) in [7, 11) is 0. The molecule has 0 aliphatic rings. The zero-order valence-electron chi connectivity index (χ0n) is 12.9. The van der Waals surface area contributed by atoms with Crippen LogP contribution in [0.15, 0.2) is 0 Å². The van der Waals surface area contributed by atoms with Crippen molar-refractivity contribution in [2.45, 2.75) is 64.2 Å². The smallest absolute Gasteiger partial charge is 0.0575 e. The van der Waals surface area contributed by atoms with Crippen LogP contribution in [-0.2, 0) is 9.47 Å². The van der Waals surface area contributed by atoms with E-state index in [0.717, 1.165) is 38.9 Å². The minimum Gasteiger partial charge on any atom is -0.380 e. The lowest BCUT2D eigenvalue weighted by Gasteiger charge is -2.04. The Hall–Kier alpha value is -0.960. The highest BCUT2D eigenvalue weighted by Crippen LogP contribution is 2.08. The highest BCUT2D eigenvalue weighted by molar-refractivity contribution is 4.83. The Kier molecular flexibility index (Phi) is 17.2. The minimum atomic E-state index is 0.708. The standard InChI is InChI=1S/C18H30O2/c1-3-5-15-19-17-13-11-9-7-8-10-12-14-18-20-16-6-4-2/h1-2H,5-18H2. The number of hydrogen-bond donors (Lipinski definition) is 0. The molecule has 0 aliphatic carbocycles. The maximum Gasteiger partial charge on any atom is 0.0575 e. The quantitative estimate of drug-likeness (QED) is 0.330. The predicted molar refractivity (Wildman–Crippen MR) is 85.5 cm³/mol. The van der Waals surface area contributed by atoms with Crippen LogP contribution in [0.25, 0.3) is 0 Å². The van der Waals surface area contributed by atoms with E-state index < -0.39 is 0 Å². The fraction of sp³-hybridized carbons (Fsp3) is 0.778. The van der Waals surface area contributed by atoms with Crippen LogP contribution in [0.3, 0.4) is 0 Å². The molecule has 114 valence electrons. The van der Waals surface area contributed by atoms with Crippen LogP contribution in [0, 0.1) is 24.7 Å². The molecule has 2 nitrogen and oxygen atoms in total. The van der Waals surface area contributed by atoms with Crippen LogP contribution in [0.4, 0.5) is 0 Å². The first kappa shape index (κ1) is 19.0. The van der Waals surface area contributed by atoms with E-state index in [1.54, 1.807) is 0 Å². The van der Waals surface area contributed by atoms with Gasteiger partial charge in [0.15, 0.2) is 0 Å². The van der Waals surface area contributed by atoms with E-state index in [4.69, 9.17) is 22.3 Å². The Labute approximate surface area is 125 Å². The number of rotatable bonds is 15. The molecule has 0 rings (SSSR count). The van der Waals surface area contributed by atoms with Crippen molar-refractivity contribution in [2.75, 3.05) is 26.4 Å². The predicted octanol–water partition coefficient (Wildman–Crippen LogP) is 4.19. The summed E-state index contributed by atoms with van der Waals surface area (Å²) in [6.07, 6.45) is 21.9. The van der Waals surface area contributed by atoms with Gasteiger partial charge in [-0.2, -0.15) is 0 Å². The van der Waals surface area contributed by atoms with Crippen molar-refractivity contribution in [2.24, 2.45) is 0 Å². The molecule has 0 radical (unpaired) electrons. The molecule has 0 aliphatic heterocycles. The van der Waals surface area contributed by atoms with Gasteiger partial charge in [-0.05, 0) is 12.8 Å². The van der Waals surface area contributed by atoms with E-state index in [-0.39, 0.29) is 0 Å². The maximum absolute atomic E-state index is 5.41. The molecular weight excluding hydrogens is 248 g/mol. The second kappa shape index (κ2) is 18.0. The second-order valence-electron chi connectivity index (χ2n) is 4.96. The zero-order valence-corrected chi connectivity index (χ0v) is 12.9. The number of hydrogen-bond acceptors (Lipinski definition) is 2. The molecule has 0 aromatic heterocycles. The van der Waals surface area contributed by atoms with Gasteiger partial charge in [-0.3, -0.25) is 0 Å². The van der Waals surface area contributed by atoms with Crippen molar-refractivity contribution in [3.05, 3.63) is 0 Å². The highest BCUT2D eigenvalue weighted by Gasteiger charge is 1.93. The molecule has 0 fully saturated rings. The van der Waals surface area contributed by atoms with E-state index in [2.05, 4.69) is 11.8 Å². The van der Waals surface area contributed by atoms with Gasteiger partial charge in [0.1, 0.15) is 0 Å². The van der Waals surface area contributed by atoms with E-state index >= 15 is 0 Å². The summed E-state index contributed by atoms with van der Waals surface area (Å²) in [6, 6.07) is 0. The summed E-state index contributed by atoms with van der Waals surface area (Å²) in [5.74, 6) is 5.15. The van der Waals surface area contributed by atoms with Crippen LogP contribution in [0.1, 0.15) is 64.2 Å². The minimum absolute atomic E-state index is 0.708. The molecule has 0 spiro atoms. The lowest BCUT2D eigenvalue weighted by atomic mass is 10.1. The Morgan fingerprint density at radius 2 is 0.850 bits per heavy atom. The Morgan fingerprint density at radius 1 is 0.500 bits per heavy atom. The Bertz CT molecular complexity index is 232. The van der Waals surface area contributed by atoms with Crippen molar-refractivity contribution in [3.8, 4) is 24.7 Å². The summed E-state index contributed by atoms with van der Waals surface area (Å²) < 4.78 is 10.8. The molecule has 2 heteroatoms. The van der Waals surface area contributed by atoms with Gasteiger partial charge >= 0.3 is 0 Å². The fourth-order valence-electron chi connectivity index (χ4n) is 1.94. The molecule has 0 N–H and O–H groups in total. The van der Waals surface area contributed by atoms with Gasteiger partial charge in [0.25, 0.3) is 0 Å². The van der Waals surface area contributed by atoms with Crippen molar-refractivity contribution in [1.82, 2.24) is 0 Å². The average Bonchev–Trinajstić information content (AvgIpc) is 2.47. The maximum atomic E-state index is 5.41. The first-order valence-electron chi connectivity index (χ1n) is 7.94. The molecule has 0 amide bonds. The second-order valence-corrected chi connectivity index (χ2v) is 4.96. The molecule has 0 heterocycles. The van der Waals surface area contributed by atoms with Crippen LogP contribution < -0.4 is 0 Å². The van der Waals surface area contributed by atoms with Gasteiger partial charge in [0.2, 0.25) is 0 Å². The molecule has 20 heavy (non-hydrogen) atoms. The van der Waals surface area contributed by atoms with Gasteiger partial charge < -0.3 is 9.47 Å². The third kappa shape index (κ3) is 17.0. The number of terminal acetylenes is 2. The first-order valence-corrected chi connectivity index (χ1v) is 7.94. The van der Waals surface area contributed by atoms with Gasteiger partial charge in [-0.15, -0.1) is 24.7 Å². The van der Waals surface area contributed by atoms with Crippen LogP contribution in [0.2, 0.25) is 0 Å². The topological polar surface area (TPSA) is 18.5 Å². The summed E-state index contributed by atoms with van der Waals surface area (Å²) >= 11 is 0. The molecule has 0 aromatic carbocycles. The average molecular weight is 278 g/mol. The van der Waals surface area contributed by atoms with E-state index in [1.165, 1.54) is 38.5 Å².